The minimum absolute atomic E-state index is 0.0402. The molecule has 1 fully saturated rings. The minimum Gasteiger partial charge on any atom is -0.489 e. The Kier molecular flexibility index (Phi) is 4.85. The fraction of sp³-hybridized carbons (Fsp3) is 0.312. The molecule has 0 aliphatic carbocycles. The number of benzene rings is 1. The van der Waals surface area contributed by atoms with E-state index in [0.29, 0.717) is 28.0 Å². The molecule has 2 heterocycles. The van der Waals surface area contributed by atoms with Crippen molar-refractivity contribution in [2.45, 2.75) is 18.9 Å². The van der Waals surface area contributed by atoms with Gasteiger partial charge in [0.2, 0.25) is 0 Å². The lowest BCUT2D eigenvalue weighted by molar-refractivity contribution is 0.179. The van der Waals surface area contributed by atoms with Crippen molar-refractivity contribution < 1.29 is 4.74 Å². The van der Waals surface area contributed by atoms with Gasteiger partial charge in [0.15, 0.2) is 5.69 Å². The van der Waals surface area contributed by atoms with Crippen LogP contribution in [0.1, 0.15) is 18.5 Å². The van der Waals surface area contributed by atoms with Gasteiger partial charge in [0.1, 0.15) is 23.7 Å². The monoisotopic (exact) mass is 348 g/mol. The third-order valence-electron chi connectivity index (χ3n) is 3.65. The van der Waals surface area contributed by atoms with Gasteiger partial charge in [0.25, 0.3) is 0 Å². The highest BCUT2D eigenvalue weighted by Gasteiger charge is 2.22. The van der Waals surface area contributed by atoms with Gasteiger partial charge >= 0.3 is 0 Å². The van der Waals surface area contributed by atoms with E-state index in [2.05, 4.69) is 14.9 Å². The summed E-state index contributed by atoms with van der Waals surface area (Å²) < 4.78 is 6.00. The number of rotatable bonds is 3. The summed E-state index contributed by atoms with van der Waals surface area (Å²) in [5, 5.41) is 9.77. The number of nitriles is 1. The van der Waals surface area contributed by atoms with Crippen molar-refractivity contribution in [1.29, 1.82) is 5.26 Å². The molecule has 5 nitrogen and oxygen atoms in total. The fourth-order valence-corrected chi connectivity index (χ4v) is 2.82. The van der Waals surface area contributed by atoms with Gasteiger partial charge in [-0.15, -0.1) is 0 Å². The summed E-state index contributed by atoms with van der Waals surface area (Å²) in [6.45, 7) is 1.60. The van der Waals surface area contributed by atoms with Crippen LogP contribution in [0.5, 0.6) is 5.75 Å². The second kappa shape index (κ2) is 7.03. The van der Waals surface area contributed by atoms with E-state index in [9.17, 15) is 0 Å². The van der Waals surface area contributed by atoms with Crippen LogP contribution in [0.15, 0.2) is 30.6 Å². The molecule has 1 aromatic heterocycles. The molecule has 1 unspecified atom stereocenters. The van der Waals surface area contributed by atoms with Crippen molar-refractivity contribution in [3.8, 4) is 11.8 Å². The van der Waals surface area contributed by atoms with Crippen LogP contribution in [0.2, 0.25) is 10.0 Å². The largest absolute Gasteiger partial charge is 0.489 e. The van der Waals surface area contributed by atoms with Crippen LogP contribution in [0.4, 0.5) is 5.82 Å². The number of aromatic nitrogens is 2. The first kappa shape index (κ1) is 15.9. The maximum atomic E-state index is 8.78. The van der Waals surface area contributed by atoms with Crippen molar-refractivity contribution in [3.05, 3.63) is 46.3 Å². The molecule has 23 heavy (non-hydrogen) atoms. The van der Waals surface area contributed by atoms with Gasteiger partial charge in [-0.05, 0) is 25.0 Å². The number of nitrogens with zero attached hydrogens (tertiary/aromatic N) is 4. The quantitative estimate of drug-likeness (QED) is 0.846. The molecular formula is C16H14Cl2N4O. The van der Waals surface area contributed by atoms with Crippen LogP contribution in [-0.4, -0.2) is 29.2 Å². The number of anilines is 1. The van der Waals surface area contributed by atoms with Crippen LogP contribution in [-0.2, 0) is 0 Å². The standard InChI is InChI=1S/C16H14Cl2N4O/c17-14-4-3-12(6-15(14)18)23-13-2-1-5-22(10-13)16-9-20-11(7-19)8-21-16/h3-4,6,8-9,13H,1-2,5,10H2. The van der Waals surface area contributed by atoms with Crippen molar-refractivity contribution in [1.82, 2.24) is 9.97 Å². The summed E-state index contributed by atoms with van der Waals surface area (Å²) in [6, 6.07) is 7.24. The minimum atomic E-state index is 0.0402. The first-order valence-electron chi connectivity index (χ1n) is 7.24. The molecule has 0 bridgehead atoms. The van der Waals surface area contributed by atoms with E-state index in [1.807, 2.05) is 12.1 Å². The zero-order valence-corrected chi connectivity index (χ0v) is 13.8. The van der Waals surface area contributed by atoms with E-state index in [-0.39, 0.29) is 6.10 Å². The van der Waals surface area contributed by atoms with Crippen LogP contribution < -0.4 is 9.64 Å². The summed E-state index contributed by atoms with van der Waals surface area (Å²) in [5.74, 6) is 1.46. The van der Waals surface area contributed by atoms with Gasteiger partial charge in [-0.25, -0.2) is 9.97 Å². The lowest BCUT2D eigenvalue weighted by atomic mass is 10.1. The molecule has 1 aliphatic heterocycles. The van der Waals surface area contributed by atoms with Gasteiger partial charge in [0.05, 0.1) is 29.0 Å². The Morgan fingerprint density at radius 2 is 2.09 bits per heavy atom. The van der Waals surface area contributed by atoms with Gasteiger partial charge < -0.3 is 9.64 Å². The number of hydrogen-bond donors (Lipinski definition) is 0. The number of piperidine rings is 1. The van der Waals surface area contributed by atoms with Gasteiger partial charge in [0, 0.05) is 12.6 Å². The molecule has 2 aromatic rings. The van der Waals surface area contributed by atoms with Crippen molar-refractivity contribution in [2.75, 3.05) is 18.0 Å². The van der Waals surface area contributed by atoms with Gasteiger partial charge in [-0.3, -0.25) is 0 Å². The average Bonchev–Trinajstić information content (AvgIpc) is 2.58. The van der Waals surface area contributed by atoms with E-state index in [0.717, 1.165) is 25.2 Å². The highest BCUT2D eigenvalue weighted by atomic mass is 35.5. The Labute approximate surface area is 144 Å². The Morgan fingerprint density at radius 3 is 2.78 bits per heavy atom. The summed E-state index contributed by atoms with van der Waals surface area (Å²) >= 11 is 11.9. The normalized spacial score (nSPS) is 17.6. The van der Waals surface area contributed by atoms with Crippen LogP contribution in [0, 0.1) is 11.3 Å². The average molecular weight is 349 g/mol. The van der Waals surface area contributed by atoms with Gasteiger partial charge in [-0.1, -0.05) is 23.2 Å². The molecule has 1 saturated heterocycles. The van der Waals surface area contributed by atoms with Crippen LogP contribution in [0.3, 0.4) is 0 Å². The van der Waals surface area contributed by atoms with E-state index in [1.54, 1.807) is 18.3 Å². The highest BCUT2D eigenvalue weighted by molar-refractivity contribution is 6.42. The molecule has 7 heteroatoms. The third kappa shape index (κ3) is 3.84. The predicted octanol–water partition coefficient (Wildman–Crippen LogP) is 3.70. The predicted molar refractivity (Wildman–Crippen MR) is 89.1 cm³/mol. The number of hydrogen-bond acceptors (Lipinski definition) is 5. The number of halogens is 2. The highest BCUT2D eigenvalue weighted by Crippen LogP contribution is 2.28. The molecule has 0 N–H and O–H groups in total. The van der Waals surface area contributed by atoms with Crippen molar-refractivity contribution in [2.24, 2.45) is 0 Å². The smallest absolute Gasteiger partial charge is 0.158 e. The zero-order chi connectivity index (χ0) is 16.2. The lowest BCUT2D eigenvalue weighted by Crippen LogP contribution is -2.41. The van der Waals surface area contributed by atoms with Crippen molar-refractivity contribution in [3.63, 3.8) is 0 Å². The second-order valence-electron chi connectivity index (χ2n) is 5.28. The Hall–Kier alpha value is -2.03. The molecule has 0 amide bonds. The maximum Gasteiger partial charge on any atom is 0.158 e. The Balaban J connectivity index is 1.67. The lowest BCUT2D eigenvalue weighted by Gasteiger charge is -2.33. The van der Waals surface area contributed by atoms with Gasteiger partial charge in [-0.2, -0.15) is 5.26 Å². The molecule has 3 rings (SSSR count). The molecular weight excluding hydrogens is 335 g/mol. The number of ether oxygens (including phenoxy) is 1. The van der Waals surface area contributed by atoms with Crippen molar-refractivity contribution >= 4 is 29.0 Å². The molecule has 118 valence electrons. The molecule has 0 spiro atoms. The molecule has 1 aromatic carbocycles. The second-order valence-corrected chi connectivity index (χ2v) is 6.09. The van der Waals surface area contributed by atoms with E-state index in [1.165, 1.54) is 6.20 Å². The molecule has 0 radical (unpaired) electrons. The maximum absolute atomic E-state index is 8.78. The molecule has 1 atom stereocenters. The molecule has 0 saturated carbocycles. The van der Waals surface area contributed by atoms with E-state index >= 15 is 0 Å². The Morgan fingerprint density at radius 1 is 1.22 bits per heavy atom. The Bertz CT molecular complexity index is 730. The van der Waals surface area contributed by atoms with E-state index in [4.69, 9.17) is 33.2 Å². The summed E-state index contributed by atoms with van der Waals surface area (Å²) in [7, 11) is 0. The third-order valence-corrected chi connectivity index (χ3v) is 4.39. The first-order chi connectivity index (χ1) is 11.2. The van der Waals surface area contributed by atoms with Crippen LogP contribution in [0.25, 0.3) is 0 Å². The first-order valence-corrected chi connectivity index (χ1v) is 8.00. The summed E-state index contributed by atoms with van der Waals surface area (Å²) in [6.07, 6.45) is 5.10. The summed E-state index contributed by atoms with van der Waals surface area (Å²) in [4.78, 5) is 10.5. The fourth-order valence-electron chi connectivity index (χ4n) is 2.53. The SMILES string of the molecule is N#Cc1cnc(N2CCCC(Oc3ccc(Cl)c(Cl)c3)C2)cn1. The molecule has 1 aliphatic rings. The summed E-state index contributed by atoms with van der Waals surface area (Å²) in [5.41, 5.74) is 0.314. The topological polar surface area (TPSA) is 62.0 Å². The van der Waals surface area contributed by atoms with Crippen LogP contribution >= 0.6 is 23.2 Å². The van der Waals surface area contributed by atoms with E-state index < -0.39 is 0 Å². The zero-order valence-electron chi connectivity index (χ0n) is 12.2.